The second-order valence-corrected chi connectivity index (χ2v) is 5.59. The van der Waals surface area contributed by atoms with E-state index in [1.54, 1.807) is 19.2 Å². The van der Waals surface area contributed by atoms with Crippen LogP contribution in [0.3, 0.4) is 0 Å². The van der Waals surface area contributed by atoms with Gasteiger partial charge >= 0.3 is 0 Å². The molecule has 0 heterocycles. The molecule has 2 aromatic carbocycles. The quantitative estimate of drug-likeness (QED) is 0.542. The largest absolute Gasteiger partial charge is 0.494 e. The van der Waals surface area contributed by atoms with Gasteiger partial charge in [-0.15, -0.1) is 0 Å². The highest BCUT2D eigenvalue weighted by atomic mass is 19.1. The van der Waals surface area contributed by atoms with E-state index in [9.17, 15) is 4.39 Å². The summed E-state index contributed by atoms with van der Waals surface area (Å²) in [4.78, 5) is 4.50. The lowest BCUT2D eigenvalue weighted by Gasteiger charge is -2.14. The zero-order valence-corrected chi connectivity index (χ0v) is 16.1. The minimum Gasteiger partial charge on any atom is -0.494 e. The lowest BCUT2D eigenvalue weighted by Crippen LogP contribution is -2.30. The molecule has 0 aliphatic rings. The van der Waals surface area contributed by atoms with Crippen LogP contribution >= 0.6 is 0 Å². The number of hydrogen-bond donors (Lipinski definition) is 2. The zero-order chi connectivity index (χ0) is 19.6. The van der Waals surface area contributed by atoms with Crippen molar-refractivity contribution in [3.63, 3.8) is 0 Å². The Bertz CT molecular complexity index is 781. The number of methoxy groups -OCH3 is 2. The van der Waals surface area contributed by atoms with Gasteiger partial charge in [-0.05, 0) is 43.7 Å². The number of anilines is 1. The summed E-state index contributed by atoms with van der Waals surface area (Å²) in [6, 6.07) is 10.4. The van der Waals surface area contributed by atoms with E-state index in [0.29, 0.717) is 37.2 Å². The number of guanidine groups is 1. The van der Waals surface area contributed by atoms with E-state index in [1.807, 2.05) is 32.0 Å². The highest BCUT2D eigenvalue weighted by Gasteiger charge is 2.08. The normalized spacial score (nSPS) is 11.1. The Morgan fingerprint density at radius 1 is 1.00 bits per heavy atom. The second-order valence-electron chi connectivity index (χ2n) is 5.59. The molecule has 0 bridgehead atoms. The highest BCUT2D eigenvalue weighted by molar-refractivity contribution is 5.93. The van der Waals surface area contributed by atoms with Crippen LogP contribution in [0.25, 0.3) is 0 Å². The molecule has 0 saturated carbocycles. The predicted molar refractivity (Wildman–Crippen MR) is 106 cm³/mol. The van der Waals surface area contributed by atoms with E-state index in [-0.39, 0.29) is 5.75 Å². The maximum absolute atomic E-state index is 13.8. The van der Waals surface area contributed by atoms with Crippen molar-refractivity contribution in [1.29, 1.82) is 0 Å². The first-order valence-electron chi connectivity index (χ1n) is 8.79. The molecule has 7 heteroatoms. The molecule has 0 atom stereocenters. The van der Waals surface area contributed by atoms with Gasteiger partial charge in [0.2, 0.25) is 0 Å². The van der Waals surface area contributed by atoms with Gasteiger partial charge in [0.25, 0.3) is 0 Å². The number of nitrogens with one attached hydrogen (secondary N) is 2. The van der Waals surface area contributed by atoms with E-state index >= 15 is 0 Å². The summed E-state index contributed by atoms with van der Waals surface area (Å²) >= 11 is 0. The molecule has 6 nitrogen and oxygen atoms in total. The SMILES string of the molecule is CCNC(=NCc1ccc(OC)c(F)c1)Nc1ccc(OCC)c(OC)c1. The van der Waals surface area contributed by atoms with E-state index in [1.165, 1.54) is 13.2 Å². The summed E-state index contributed by atoms with van der Waals surface area (Å²) in [6.07, 6.45) is 0. The molecule has 2 aromatic rings. The van der Waals surface area contributed by atoms with Crippen LogP contribution in [0.1, 0.15) is 19.4 Å². The lowest BCUT2D eigenvalue weighted by molar-refractivity contribution is 0.311. The number of nitrogens with zero attached hydrogens (tertiary/aromatic N) is 1. The first-order chi connectivity index (χ1) is 13.1. The van der Waals surface area contributed by atoms with Gasteiger partial charge in [0.1, 0.15) is 0 Å². The van der Waals surface area contributed by atoms with Gasteiger partial charge in [-0.1, -0.05) is 6.07 Å². The summed E-state index contributed by atoms with van der Waals surface area (Å²) in [5, 5.41) is 6.38. The molecule has 0 aliphatic carbocycles. The van der Waals surface area contributed by atoms with Crippen molar-refractivity contribution < 1.29 is 18.6 Å². The first-order valence-corrected chi connectivity index (χ1v) is 8.79. The highest BCUT2D eigenvalue weighted by Crippen LogP contribution is 2.30. The molecular weight excluding hydrogens is 349 g/mol. The minimum atomic E-state index is -0.403. The van der Waals surface area contributed by atoms with Crippen molar-refractivity contribution >= 4 is 11.6 Å². The number of hydrogen-bond acceptors (Lipinski definition) is 4. The molecule has 27 heavy (non-hydrogen) atoms. The molecule has 2 N–H and O–H groups in total. The Hall–Kier alpha value is -2.96. The molecular formula is C20H26FN3O3. The summed E-state index contributed by atoms with van der Waals surface area (Å²) in [5.41, 5.74) is 1.55. The van der Waals surface area contributed by atoms with Gasteiger partial charge < -0.3 is 24.8 Å². The number of benzene rings is 2. The zero-order valence-electron chi connectivity index (χ0n) is 16.1. The summed E-state index contributed by atoms with van der Waals surface area (Å²) in [6.45, 7) is 5.47. The van der Waals surface area contributed by atoms with Crippen molar-refractivity contribution in [2.45, 2.75) is 20.4 Å². The summed E-state index contributed by atoms with van der Waals surface area (Å²) < 4.78 is 29.6. The molecule has 0 radical (unpaired) electrons. The number of halogens is 1. The Morgan fingerprint density at radius 3 is 2.37 bits per heavy atom. The molecule has 146 valence electrons. The molecule has 0 spiro atoms. The van der Waals surface area contributed by atoms with E-state index < -0.39 is 5.82 Å². The van der Waals surface area contributed by atoms with E-state index in [0.717, 1.165) is 11.3 Å². The van der Waals surface area contributed by atoms with Gasteiger partial charge in [-0.3, -0.25) is 0 Å². The van der Waals surface area contributed by atoms with Crippen LogP contribution in [-0.4, -0.2) is 33.3 Å². The van der Waals surface area contributed by atoms with Gasteiger partial charge in [0.15, 0.2) is 29.0 Å². The van der Waals surface area contributed by atoms with Gasteiger partial charge in [-0.25, -0.2) is 9.38 Å². The molecule has 0 saturated heterocycles. The average molecular weight is 375 g/mol. The second kappa shape index (κ2) is 10.3. The topological polar surface area (TPSA) is 64.1 Å². The van der Waals surface area contributed by atoms with Gasteiger partial charge in [0, 0.05) is 18.3 Å². The predicted octanol–water partition coefficient (Wildman–Crippen LogP) is 3.82. The van der Waals surface area contributed by atoms with Crippen LogP contribution in [0.5, 0.6) is 17.2 Å². The molecule has 0 fully saturated rings. The summed E-state index contributed by atoms with van der Waals surface area (Å²) in [5.74, 6) is 1.71. The molecule has 0 amide bonds. The minimum absolute atomic E-state index is 0.217. The standard InChI is InChI=1S/C20H26FN3O3/c1-5-22-20(23-13-14-7-9-17(25-3)16(21)11-14)24-15-8-10-18(27-6-2)19(12-15)26-4/h7-12H,5-6,13H2,1-4H3,(H2,22,23,24). The fourth-order valence-electron chi connectivity index (χ4n) is 2.44. The molecule has 0 unspecified atom stereocenters. The van der Waals surface area contributed by atoms with Crippen LogP contribution in [0.15, 0.2) is 41.4 Å². The van der Waals surface area contributed by atoms with Crippen molar-refractivity contribution in [2.75, 3.05) is 32.7 Å². The van der Waals surface area contributed by atoms with Crippen molar-refractivity contribution in [1.82, 2.24) is 5.32 Å². The van der Waals surface area contributed by atoms with E-state index in [4.69, 9.17) is 14.2 Å². The number of rotatable bonds is 8. The van der Waals surface area contributed by atoms with Gasteiger partial charge in [-0.2, -0.15) is 0 Å². The Kier molecular flexibility index (Phi) is 7.73. The average Bonchev–Trinajstić information content (AvgIpc) is 2.67. The maximum Gasteiger partial charge on any atom is 0.196 e. The third-order valence-electron chi connectivity index (χ3n) is 3.71. The lowest BCUT2D eigenvalue weighted by atomic mass is 10.2. The number of aliphatic imine (C=N–C) groups is 1. The third-order valence-corrected chi connectivity index (χ3v) is 3.71. The van der Waals surface area contributed by atoms with Crippen LogP contribution in [0, 0.1) is 5.82 Å². The van der Waals surface area contributed by atoms with Crippen molar-refractivity contribution in [2.24, 2.45) is 4.99 Å². The smallest absolute Gasteiger partial charge is 0.196 e. The van der Waals surface area contributed by atoms with Crippen LogP contribution in [-0.2, 0) is 6.54 Å². The van der Waals surface area contributed by atoms with Crippen LogP contribution < -0.4 is 24.8 Å². The Labute approximate surface area is 159 Å². The molecule has 2 rings (SSSR count). The first kappa shape index (κ1) is 20.4. The van der Waals surface area contributed by atoms with Crippen molar-refractivity contribution in [3.05, 3.63) is 47.8 Å². The van der Waals surface area contributed by atoms with E-state index in [2.05, 4.69) is 15.6 Å². The Morgan fingerprint density at radius 2 is 1.74 bits per heavy atom. The van der Waals surface area contributed by atoms with Crippen LogP contribution in [0.2, 0.25) is 0 Å². The van der Waals surface area contributed by atoms with Crippen LogP contribution in [0.4, 0.5) is 10.1 Å². The number of ether oxygens (including phenoxy) is 3. The Balaban J connectivity index is 2.14. The van der Waals surface area contributed by atoms with Gasteiger partial charge in [0.05, 0.1) is 27.4 Å². The fourth-order valence-corrected chi connectivity index (χ4v) is 2.44. The third kappa shape index (κ3) is 5.77. The van der Waals surface area contributed by atoms with Crippen molar-refractivity contribution in [3.8, 4) is 17.2 Å². The molecule has 0 aromatic heterocycles. The monoisotopic (exact) mass is 375 g/mol. The maximum atomic E-state index is 13.8. The molecule has 0 aliphatic heterocycles. The summed E-state index contributed by atoms with van der Waals surface area (Å²) in [7, 11) is 3.04. The fraction of sp³-hybridized carbons (Fsp3) is 0.350.